The van der Waals surface area contributed by atoms with Crippen LogP contribution in [-0.4, -0.2) is 55.8 Å². The average molecular weight is 2010 g/mol. The van der Waals surface area contributed by atoms with Gasteiger partial charge in [0.15, 0.2) is 0 Å². The van der Waals surface area contributed by atoms with E-state index in [9.17, 15) is 59.4 Å². The SMILES string of the molecule is O=C([O-])c1c2ccccc2cc2ccccc12.O=C([O-])c1c2ccccc2cc2ccccc12.O=C([O-])c1c2ccccc2cc2ccccc12.O=C([O-])c1c2ccccc2cc2ccccc12.O=C([O-])c1c2ccccc2cc2ccccc12.O=C([O-])c1c2ccccc2cc2ccccc12.[Dy+3].[Dy+3].c1cnc2c(c1)ccc1cccnc12.c1cnc2c(c1)ccc1cccnc12. The number of hydrogen-bond acceptors (Lipinski definition) is 16. The van der Waals surface area contributed by atoms with Gasteiger partial charge in [0.2, 0.25) is 0 Å². The smallest absolute Gasteiger partial charge is 0.545 e. The van der Waals surface area contributed by atoms with E-state index in [1.807, 2.05) is 352 Å². The van der Waals surface area contributed by atoms with E-state index in [1.165, 1.54) is 0 Å². The summed E-state index contributed by atoms with van der Waals surface area (Å²) in [5, 5.41) is 92.3. The van der Waals surface area contributed by atoms with Crippen molar-refractivity contribution in [2.75, 3.05) is 0 Å². The molecule has 0 aliphatic heterocycles. The second-order valence-corrected chi connectivity index (χ2v) is 30.3. The molecule has 0 aliphatic carbocycles. The third-order valence-electron chi connectivity index (χ3n) is 22.5. The van der Waals surface area contributed by atoms with Gasteiger partial charge in [-0.2, -0.15) is 0 Å². The summed E-state index contributed by atoms with van der Waals surface area (Å²) in [5.41, 5.74) is 5.57. The van der Waals surface area contributed by atoms with Crippen molar-refractivity contribution in [2.45, 2.75) is 0 Å². The molecule has 0 bridgehead atoms. The fourth-order valence-electron chi connectivity index (χ4n) is 16.8. The summed E-state index contributed by atoms with van der Waals surface area (Å²) in [6.07, 6.45) is 7.21. The van der Waals surface area contributed by atoms with Gasteiger partial charge in [0, 0.05) is 79.7 Å². The second-order valence-electron chi connectivity index (χ2n) is 30.3. The Morgan fingerprint density at radius 2 is 0.250 bits per heavy atom. The maximum Gasteiger partial charge on any atom is 3.00 e. The Bertz CT molecular complexity index is 7050. The number of benzene rings is 20. The summed E-state index contributed by atoms with van der Waals surface area (Å²) >= 11 is 0. The minimum Gasteiger partial charge on any atom is -0.545 e. The zero-order valence-corrected chi connectivity index (χ0v) is 73.8. The molecule has 2 radical (unpaired) electrons. The van der Waals surface area contributed by atoms with Crippen LogP contribution in [0.2, 0.25) is 0 Å². The van der Waals surface area contributed by atoms with E-state index in [0.29, 0.717) is 0 Å². The molecule has 132 heavy (non-hydrogen) atoms. The number of pyridine rings is 4. The molecule has 0 fully saturated rings. The number of carboxylic acids is 6. The van der Waals surface area contributed by atoms with Crippen LogP contribution in [0.25, 0.3) is 173 Å². The summed E-state index contributed by atoms with van der Waals surface area (Å²) in [4.78, 5) is 85.3. The number of aromatic carboxylic acids is 6. The molecule has 0 aliphatic rings. The second kappa shape index (κ2) is 41.7. The Kier molecular flexibility index (Phi) is 28.9. The number of nitrogens with zero attached hydrogens (tertiary/aromatic N) is 4. The van der Waals surface area contributed by atoms with E-state index < -0.39 is 35.8 Å². The maximum absolute atomic E-state index is 11.3. The molecule has 4 aromatic heterocycles. The van der Waals surface area contributed by atoms with E-state index >= 15 is 0 Å². The predicted molar refractivity (Wildman–Crippen MR) is 509 cm³/mol. The molecule has 0 saturated heterocycles. The molecular weight excluding hydrogens is 1940 g/mol. The summed E-state index contributed by atoms with van der Waals surface area (Å²) in [6, 6.07) is 126. The molecule has 16 nitrogen and oxygen atoms in total. The molecule has 0 saturated carbocycles. The van der Waals surface area contributed by atoms with Crippen molar-refractivity contribution >= 4 is 209 Å². The fraction of sp³-hybridized carbons (Fsp3) is 0. The van der Waals surface area contributed by atoms with Crippen molar-refractivity contribution in [3.63, 3.8) is 0 Å². The first-order valence-corrected chi connectivity index (χ1v) is 41.4. The van der Waals surface area contributed by atoms with Gasteiger partial charge in [-0.25, -0.2) is 0 Å². The van der Waals surface area contributed by atoms with Crippen molar-refractivity contribution in [1.82, 2.24) is 19.9 Å². The third-order valence-corrected chi connectivity index (χ3v) is 22.5. The quantitative estimate of drug-likeness (QED) is 0.110. The Balaban J connectivity index is 0.000000115. The fourth-order valence-corrected chi connectivity index (χ4v) is 16.8. The molecule has 24 aromatic rings. The van der Waals surface area contributed by atoms with Crippen molar-refractivity contribution < 1.29 is 136 Å². The van der Waals surface area contributed by atoms with Gasteiger partial charge in [0.05, 0.1) is 57.9 Å². The Hall–Kier alpha value is -15.5. The minimum atomic E-state index is -1.13. The van der Waals surface area contributed by atoms with Crippen LogP contribution in [0, 0.1) is 76.3 Å². The molecule has 0 unspecified atom stereocenters. The first-order chi connectivity index (χ1) is 63.5. The third kappa shape index (κ3) is 19.6. The number of carboxylic acid groups (broad SMARTS) is 6. The zero-order chi connectivity index (χ0) is 89.7. The molecule has 638 valence electrons. The van der Waals surface area contributed by atoms with Crippen LogP contribution >= 0.6 is 0 Å². The van der Waals surface area contributed by atoms with Gasteiger partial charge in [0.1, 0.15) is 0 Å². The molecular formula is C114H70Dy2N4O12. The summed E-state index contributed by atoms with van der Waals surface area (Å²) in [7, 11) is 0. The Morgan fingerprint density at radius 1 is 0.144 bits per heavy atom. The normalized spacial score (nSPS) is 10.7. The number of aromatic nitrogens is 4. The van der Waals surface area contributed by atoms with Crippen LogP contribution in [0.4, 0.5) is 0 Å². The number of carbonyl (C=O) groups excluding carboxylic acids is 6. The Labute approximate surface area is 815 Å². The summed E-state index contributed by atoms with van der Waals surface area (Å²) < 4.78 is 0. The van der Waals surface area contributed by atoms with Crippen LogP contribution in [0.1, 0.15) is 62.1 Å². The number of hydrogen-bond donors (Lipinski definition) is 0. The van der Waals surface area contributed by atoms with Gasteiger partial charge in [-0.05, 0) is 190 Å². The van der Waals surface area contributed by atoms with E-state index in [2.05, 4.69) is 68.5 Å². The molecule has 18 heteroatoms. The maximum atomic E-state index is 11.3. The summed E-state index contributed by atoms with van der Waals surface area (Å²) in [6.45, 7) is 0. The zero-order valence-electron chi connectivity index (χ0n) is 69.7. The average Bonchev–Trinajstić information content (AvgIpc) is 0.779. The van der Waals surface area contributed by atoms with Gasteiger partial charge < -0.3 is 59.4 Å². The monoisotopic (exact) mass is 2010 g/mol. The topological polar surface area (TPSA) is 292 Å². The first kappa shape index (κ1) is 91.3. The van der Waals surface area contributed by atoms with Gasteiger partial charge in [0.25, 0.3) is 0 Å². The van der Waals surface area contributed by atoms with Gasteiger partial charge >= 0.3 is 76.3 Å². The number of carbonyl (C=O) groups is 6. The number of rotatable bonds is 6. The van der Waals surface area contributed by atoms with Crippen LogP contribution in [0.5, 0.6) is 0 Å². The van der Waals surface area contributed by atoms with E-state index in [4.69, 9.17) is 0 Å². The standard InChI is InChI=1S/6C15H10O2.2C12H8N2.2Dy/c6*16-15(17)14-12-7-3-1-5-10(12)9-11-6-2-4-8-13(11)14;2*1-3-9-5-6-10-4-2-8-14-12(10)11(9)13-7-1;;/h6*1-9H,(H,16,17);2*1-8H;;/q;;;;;;;;2*+3/p-6. The van der Waals surface area contributed by atoms with Crippen LogP contribution in [0.3, 0.4) is 0 Å². The molecule has 0 spiro atoms. The Morgan fingerprint density at radius 3 is 0.364 bits per heavy atom. The summed E-state index contributed by atoms with van der Waals surface area (Å²) in [5.74, 6) is -6.76. The van der Waals surface area contributed by atoms with Gasteiger partial charge in [-0.15, -0.1) is 0 Å². The first-order valence-electron chi connectivity index (χ1n) is 41.4. The van der Waals surface area contributed by atoms with Crippen molar-refractivity contribution in [3.05, 3.63) is 459 Å². The molecule has 4 heterocycles. The van der Waals surface area contributed by atoms with Gasteiger partial charge in [-0.1, -0.05) is 340 Å². The van der Waals surface area contributed by atoms with Crippen LogP contribution < -0.4 is 30.6 Å². The van der Waals surface area contributed by atoms with Crippen molar-refractivity contribution in [3.8, 4) is 0 Å². The molecule has 24 rings (SSSR count). The van der Waals surface area contributed by atoms with Crippen molar-refractivity contribution in [2.24, 2.45) is 0 Å². The van der Waals surface area contributed by atoms with Crippen LogP contribution in [-0.2, 0) is 0 Å². The van der Waals surface area contributed by atoms with E-state index in [-0.39, 0.29) is 110 Å². The predicted octanol–water partition coefficient (Wildman–Crippen LogP) is 19.7. The molecule has 0 N–H and O–H groups in total. The molecule has 0 atom stereocenters. The van der Waals surface area contributed by atoms with Crippen molar-refractivity contribution in [1.29, 1.82) is 0 Å². The molecule has 20 aromatic carbocycles. The van der Waals surface area contributed by atoms with Crippen LogP contribution in [0.15, 0.2) is 425 Å². The van der Waals surface area contributed by atoms with E-state index in [0.717, 1.165) is 173 Å². The van der Waals surface area contributed by atoms with E-state index in [1.54, 1.807) is 24.8 Å². The molecule has 0 amide bonds. The number of fused-ring (bicyclic) bond motifs is 18. The largest absolute Gasteiger partial charge is 3.00 e. The minimum absolute atomic E-state index is 0. The van der Waals surface area contributed by atoms with Gasteiger partial charge in [-0.3, -0.25) is 19.9 Å².